The van der Waals surface area contributed by atoms with Gasteiger partial charge in [0.1, 0.15) is 5.75 Å². The number of hydrogen-bond acceptors (Lipinski definition) is 3. The first-order valence-electron chi connectivity index (χ1n) is 6.42. The second-order valence-corrected chi connectivity index (χ2v) is 4.56. The van der Waals surface area contributed by atoms with E-state index < -0.39 is 11.6 Å². The predicted molar refractivity (Wildman–Crippen MR) is 72.6 cm³/mol. The van der Waals surface area contributed by atoms with E-state index in [1.165, 1.54) is 6.07 Å². The van der Waals surface area contributed by atoms with E-state index in [-0.39, 0.29) is 11.8 Å². The van der Waals surface area contributed by atoms with Crippen LogP contribution in [0, 0.1) is 11.6 Å². The first-order chi connectivity index (χ1) is 9.58. The van der Waals surface area contributed by atoms with Crippen LogP contribution in [-0.4, -0.2) is 11.0 Å². The van der Waals surface area contributed by atoms with Gasteiger partial charge >= 0.3 is 0 Å². The van der Waals surface area contributed by atoms with Gasteiger partial charge in [-0.15, -0.1) is 0 Å². The molecule has 1 aromatic carbocycles. The average molecular weight is 278 g/mol. The SMILES string of the molecule is CCC(N)Cc1ccc(Oc2ccc(F)c(F)c2)nc1. The summed E-state index contributed by atoms with van der Waals surface area (Å²) in [6, 6.07) is 6.99. The van der Waals surface area contributed by atoms with Crippen LogP contribution < -0.4 is 10.5 Å². The molecule has 2 aromatic rings. The van der Waals surface area contributed by atoms with E-state index in [0.29, 0.717) is 5.88 Å². The largest absolute Gasteiger partial charge is 0.439 e. The van der Waals surface area contributed by atoms with Crippen molar-refractivity contribution < 1.29 is 13.5 Å². The standard InChI is InChI=1S/C15H16F2N2O/c1-2-11(18)7-10-3-6-15(19-9-10)20-12-4-5-13(16)14(17)8-12/h3-6,8-9,11H,2,7,18H2,1H3. The fraction of sp³-hybridized carbons (Fsp3) is 0.267. The van der Waals surface area contributed by atoms with Crippen LogP contribution in [0.25, 0.3) is 0 Å². The summed E-state index contributed by atoms with van der Waals surface area (Å²) in [5, 5.41) is 0. The monoisotopic (exact) mass is 278 g/mol. The molecular weight excluding hydrogens is 262 g/mol. The zero-order chi connectivity index (χ0) is 14.5. The van der Waals surface area contributed by atoms with Crippen LogP contribution in [0.3, 0.4) is 0 Å². The van der Waals surface area contributed by atoms with Crippen LogP contribution in [0.1, 0.15) is 18.9 Å². The van der Waals surface area contributed by atoms with Crippen molar-refractivity contribution in [3.05, 3.63) is 53.7 Å². The molecule has 2 rings (SSSR count). The Morgan fingerprint density at radius 3 is 2.60 bits per heavy atom. The fourth-order valence-corrected chi connectivity index (χ4v) is 1.70. The van der Waals surface area contributed by atoms with Gasteiger partial charge in [-0.1, -0.05) is 13.0 Å². The normalized spacial score (nSPS) is 12.2. The predicted octanol–water partition coefficient (Wildman–Crippen LogP) is 3.43. The Balaban J connectivity index is 2.04. The third kappa shape index (κ3) is 3.74. The summed E-state index contributed by atoms with van der Waals surface area (Å²) in [7, 11) is 0. The highest BCUT2D eigenvalue weighted by molar-refractivity contribution is 5.29. The highest BCUT2D eigenvalue weighted by atomic mass is 19.2. The Labute approximate surface area is 116 Å². The Morgan fingerprint density at radius 2 is 2.00 bits per heavy atom. The number of pyridine rings is 1. The Bertz CT molecular complexity index is 573. The maximum absolute atomic E-state index is 13.0. The van der Waals surface area contributed by atoms with E-state index in [9.17, 15) is 8.78 Å². The summed E-state index contributed by atoms with van der Waals surface area (Å²) in [5.41, 5.74) is 6.87. The molecule has 0 aliphatic heterocycles. The van der Waals surface area contributed by atoms with Gasteiger partial charge in [-0.3, -0.25) is 0 Å². The number of benzene rings is 1. The zero-order valence-corrected chi connectivity index (χ0v) is 11.1. The molecule has 0 aliphatic carbocycles. The highest BCUT2D eigenvalue weighted by Crippen LogP contribution is 2.21. The number of ether oxygens (including phenoxy) is 1. The lowest BCUT2D eigenvalue weighted by Crippen LogP contribution is -2.21. The zero-order valence-electron chi connectivity index (χ0n) is 11.1. The summed E-state index contributed by atoms with van der Waals surface area (Å²) in [6.45, 7) is 2.03. The first kappa shape index (κ1) is 14.4. The minimum absolute atomic E-state index is 0.106. The van der Waals surface area contributed by atoms with E-state index in [2.05, 4.69) is 4.98 Å². The van der Waals surface area contributed by atoms with Crippen molar-refractivity contribution in [3.63, 3.8) is 0 Å². The van der Waals surface area contributed by atoms with Gasteiger partial charge in [0.25, 0.3) is 0 Å². The lowest BCUT2D eigenvalue weighted by Gasteiger charge is -2.09. The maximum Gasteiger partial charge on any atom is 0.219 e. The molecule has 1 atom stereocenters. The molecule has 1 heterocycles. The highest BCUT2D eigenvalue weighted by Gasteiger charge is 2.06. The summed E-state index contributed by atoms with van der Waals surface area (Å²) >= 11 is 0. The molecule has 20 heavy (non-hydrogen) atoms. The molecule has 1 unspecified atom stereocenters. The molecule has 0 bridgehead atoms. The molecule has 1 aromatic heterocycles. The van der Waals surface area contributed by atoms with Gasteiger partial charge in [0.2, 0.25) is 5.88 Å². The van der Waals surface area contributed by atoms with Crippen LogP contribution in [-0.2, 0) is 6.42 Å². The number of aromatic nitrogens is 1. The molecule has 0 amide bonds. The quantitative estimate of drug-likeness (QED) is 0.911. The van der Waals surface area contributed by atoms with Crippen molar-refractivity contribution >= 4 is 0 Å². The van der Waals surface area contributed by atoms with Crippen molar-refractivity contribution in [1.82, 2.24) is 4.98 Å². The third-order valence-electron chi connectivity index (χ3n) is 2.93. The summed E-state index contributed by atoms with van der Waals surface area (Å²) < 4.78 is 31.2. The minimum Gasteiger partial charge on any atom is -0.439 e. The van der Waals surface area contributed by atoms with E-state index in [4.69, 9.17) is 10.5 Å². The van der Waals surface area contributed by atoms with Crippen molar-refractivity contribution in [1.29, 1.82) is 0 Å². The number of halogens is 2. The molecule has 2 N–H and O–H groups in total. The molecule has 0 aliphatic rings. The van der Waals surface area contributed by atoms with E-state index in [1.807, 2.05) is 13.0 Å². The molecule has 5 heteroatoms. The molecule has 3 nitrogen and oxygen atoms in total. The van der Waals surface area contributed by atoms with Gasteiger partial charge in [0.05, 0.1) is 0 Å². The Morgan fingerprint density at radius 1 is 1.20 bits per heavy atom. The van der Waals surface area contributed by atoms with Gasteiger partial charge in [-0.25, -0.2) is 13.8 Å². The van der Waals surface area contributed by atoms with Crippen molar-refractivity contribution in [2.75, 3.05) is 0 Å². The van der Waals surface area contributed by atoms with Crippen LogP contribution in [0.15, 0.2) is 36.5 Å². The second-order valence-electron chi connectivity index (χ2n) is 4.56. The molecular formula is C15H16F2N2O. The summed E-state index contributed by atoms with van der Waals surface area (Å²) in [6.07, 6.45) is 3.31. The first-order valence-corrected chi connectivity index (χ1v) is 6.42. The molecule has 0 saturated heterocycles. The van der Waals surface area contributed by atoms with E-state index in [0.717, 1.165) is 30.5 Å². The summed E-state index contributed by atoms with van der Waals surface area (Å²) in [5.74, 6) is -1.33. The van der Waals surface area contributed by atoms with E-state index in [1.54, 1.807) is 12.3 Å². The topological polar surface area (TPSA) is 48.1 Å². The fourth-order valence-electron chi connectivity index (χ4n) is 1.70. The minimum atomic E-state index is -0.951. The lowest BCUT2D eigenvalue weighted by molar-refractivity contribution is 0.447. The third-order valence-corrected chi connectivity index (χ3v) is 2.93. The van der Waals surface area contributed by atoms with Gasteiger partial charge in [-0.05, 0) is 30.5 Å². The van der Waals surface area contributed by atoms with Crippen LogP contribution in [0.5, 0.6) is 11.6 Å². The number of rotatable bonds is 5. The van der Waals surface area contributed by atoms with Gasteiger partial charge in [0.15, 0.2) is 11.6 Å². The van der Waals surface area contributed by atoms with Crippen LogP contribution in [0.2, 0.25) is 0 Å². The summed E-state index contributed by atoms with van der Waals surface area (Å²) in [4.78, 5) is 4.12. The van der Waals surface area contributed by atoms with Gasteiger partial charge in [-0.2, -0.15) is 0 Å². The number of nitrogens with zero attached hydrogens (tertiary/aromatic N) is 1. The maximum atomic E-state index is 13.0. The van der Waals surface area contributed by atoms with Crippen LogP contribution >= 0.6 is 0 Å². The Kier molecular flexibility index (Phi) is 4.63. The molecule has 0 spiro atoms. The van der Waals surface area contributed by atoms with Crippen LogP contribution in [0.4, 0.5) is 8.78 Å². The number of nitrogens with two attached hydrogens (primary N) is 1. The average Bonchev–Trinajstić information content (AvgIpc) is 2.45. The van der Waals surface area contributed by atoms with Crippen molar-refractivity contribution in [3.8, 4) is 11.6 Å². The van der Waals surface area contributed by atoms with Gasteiger partial charge < -0.3 is 10.5 Å². The van der Waals surface area contributed by atoms with Crippen molar-refractivity contribution in [2.45, 2.75) is 25.8 Å². The molecule has 106 valence electrons. The van der Waals surface area contributed by atoms with Crippen molar-refractivity contribution in [2.24, 2.45) is 5.73 Å². The lowest BCUT2D eigenvalue weighted by atomic mass is 10.1. The molecule has 0 radical (unpaired) electrons. The smallest absolute Gasteiger partial charge is 0.219 e. The second kappa shape index (κ2) is 6.43. The Hall–Kier alpha value is -2.01. The number of hydrogen-bond donors (Lipinski definition) is 1. The molecule has 0 saturated carbocycles. The van der Waals surface area contributed by atoms with E-state index >= 15 is 0 Å². The van der Waals surface area contributed by atoms with Gasteiger partial charge in [0, 0.05) is 24.4 Å². The molecule has 0 fully saturated rings.